The number of hydrogen-bond acceptors (Lipinski definition) is 3. The van der Waals surface area contributed by atoms with Gasteiger partial charge in [-0.15, -0.1) is 0 Å². The number of aliphatic imine (C=N–C) groups is 1. The van der Waals surface area contributed by atoms with Crippen molar-refractivity contribution in [3.05, 3.63) is 65.7 Å². The average molecular weight is 391 g/mol. The highest BCUT2D eigenvalue weighted by Crippen LogP contribution is 2.31. The van der Waals surface area contributed by atoms with E-state index in [1.165, 1.54) is 5.56 Å². The van der Waals surface area contributed by atoms with Crippen molar-refractivity contribution >= 4 is 17.4 Å². The summed E-state index contributed by atoms with van der Waals surface area (Å²) in [5.41, 5.74) is 2.81. The van der Waals surface area contributed by atoms with Crippen LogP contribution in [0, 0.1) is 0 Å². The number of nitrogens with zero attached hydrogens (tertiary/aromatic N) is 2. The SMILES string of the molecule is CC(C)(C)N=C1Nc2ccccc2CNC12CCN(C(=O)Cc1ccccc1)C2. The van der Waals surface area contributed by atoms with Crippen LogP contribution in [0.4, 0.5) is 5.69 Å². The molecule has 5 heteroatoms. The first-order chi connectivity index (χ1) is 13.8. The van der Waals surface area contributed by atoms with Gasteiger partial charge in [-0.05, 0) is 44.4 Å². The number of carbonyl (C=O) groups is 1. The van der Waals surface area contributed by atoms with Gasteiger partial charge in [-0.2, -0.15) is 0 Å². The van der Waals surface area contributed by atoms with E-state index >= 15 is 0 Å². The van der Waals surface area contributed by atoms with Crippen LogP contribution in [0.3, 0.4) is 0 Å². The predicted molar refractivity (Wildman–Crippen MR) is 118 cm³/mol. The third-order valence-corrected chi connectivity index (χ3v) is 5.61. The Balaban J connectivity index is 1.59. The summed E-state index contributed by atoms with van der Waals surface area (Å²) in [4.78, 5) is 20.0. The molecule has 29 heavy (non-hydrogen) atoms. The maximum atomic E-state index is 13.0. The minimum atomic E-state index is -0.349. The van der Waals surface area contributed by atoms with E-state index in [0.717, 1.165) is 36.6 Å². The Morgan fingerprint density at radius 1 is 1.10 bits per heavy atom. The lowest BCUT2D eigenvalue weighted by atomic mass is 9.95. The van der Waals surface area contributed by atoms with E-state index < -0.39 is 0 Å². The van der Waals surface area contributed by atoms with Crippen LogP contribution in [0.5, 0.6) is 0 Å². The highest BCUT2D eigenvalue weighted by molar-refractivity contribution is 6.04. The Labute approximate surface area is 173 Å². The predicted octanol–water partition coefficient (Wildman–Crippen LogP) is 3.61. The monoisotopic (exact) mass is 390 g/mol. The number of amides is 1. The number of amidine groups is 1. The summed E-state index contributed by atoms with van der Waals surface area (Å²) in [5, 5.41) is 7.35. The second-order valence-electron chi connectivity index (χ2n) is 9.08. The van der Waals surface area contributed by atoms with Crippen molar-refractivity contribution < 1.29 is 4.79 Å². The molecule has 0 aromatic heterocycles. The summed E-state index contributed by atoms with van der Waals surface area (Å²) in [7, 11) is 0. The minimum absolute atomic E-state index is 0.173. The number of nitrogens with one attached hydrogen (secondary N) is 2. The first kappa shape index (κ1) is 19.6. The van der Waals surface area contributed by atoms with E-state index in [4.69, 9.17) is 4.99 Å². The quantitative estimate of drug-likeness (QED) is 0.824. The zero-order valence-corrected chi connectivity index (χ0v) is 17.5. The molecule has 2 N–H and O–H groups in total. The van der Waals surface area contributed by atoms with Gasteiger partial charge in [0.15, 0.2) is 0 Å². The van der Waals surface area contributed by atoms with Crippen molar-refractivity contribution in [2.24, 2.45) is 4.99 Å². The van der Waals surface area contributed by atoms with Gasteiger partial charge in [0.2, 0.25) is 5.91 Å². The normalized spacial score (nSPS) is 23.0. The maximum Gasteiger partial charge on any atom is 0.227 e. The molecule has 1 spiro atoms. The van der Waals surface area contributed by atoms with Gasteiger partial charge in [0.05, 0.1) is 17.5 Å². The fraction of sp³-hybridized carbons (Fsp3) is 0.417. The molecule has 0 bridgehead atoms. The van der Waals surface area contributed by atoms with Crippen LogP contribution in [-0.2, 0) is 17.8 Å². The summed E-state index contributed by atoms with van der Waals surface area (Å²) >= 11 is 0. The molecule has 1 atom stereocenters. The molecule has 0 aliphatic carbocycles. The van der Waals surface area contributed by atoms with Gasteiger partial charge in [-0.3, -0.25) is 15.1 Å². The summed E-state index contributed by atoms with van der Waals surface area (Å²) < 4.78 is 0. The van der Waals surface area contributed by atoms with E-state index in [-0.39, 0.29) is 17.0 Å². The molecule has 2 aromatic carbocycles. The summed E-state index contributed by atoms with van der Waals surface area (Å²) in [5.74, 6) is 1.11. The van der Waals surface area contributed by atoms with Gasteiger partial charge in [0, 0.05) is 25.3 Å². The van der Waals surface area contributed by atoms with Crippen LogP contribution >= 0.6 is 0 Å². The molecule has 2 aliphatic heterocycles. The van der Waals surface area contributed by atoms with Crippen molar-refractivity contribution in [1.29, 1.82) is 0 Å². The van der Waals surface area contributed by atoms with Gasteiger partial charge in [-0.25, -0.2) is 0 Å². The molecule has 2 heterocycles. The van der Waals surface area contributed by atoms with Crippen molar-refractivity contribution in [2.45, 2.75) is 51.2 Å². The first-order valence-corrected chi connectivity index (χ1v) is 10.4. The Bertz CT molecular complexity index is 916. The van der Waals surface area contributed by atoms with Crippen LogP contribution in [-0.4, -0.2) is 40.8 Å². The van der Waals surface area contributed by atoms with Gasteiger partial charge >= 0.3 is 0 Å². The lowest BCUT2D eigenvalue weighted by Gasteiger charge is -2.32. The Kier molecular flexibility index (Phi) is 5.17. The van der Waals surface area contributed by atoms with E-state index in [0.29, 0.717) is 13.0 Å². The molecule has 1 saturated heterocycles. The molecule has 1 fully saturated rings. The number of rotatable bonds is 2. The maximum absolute atomic E-state index is 13.0. The van der Waals surface area contributed by atoms with Gasteiger partial charge in [0.25, 0.3) is 0 Å². The third kappa shape index (κ3) is 4.35. The zero-order chi connectivity index (χ0) is 20.5. The number of benzene rings is 2. The molecular formula is C24H30N4O. The molecule has 0 radical (unpaired) electrons. The molecule has 2 aliphatic rings. The Hall–Kier alpha value is -2.66. The summed E-state index contributed by atoms with van der Waals surface area (Å²) in [6.07, 6.45) is 1.29. The van der Waals surface area contributed by atoms with Crippen LogP contribution < -0.4 is 10.6 Å². The van der Waals surface area contributed by atoms with E-state index in [1.807, 2.05) is 41.3 Å². The number of anilines is 1. The topological polar surface area (TPSA) is 56.7 Å². The molecule has 2 aromatic rings. The fourth-order valence-corrected chi connectivity index (χ4v) is 4.10. The van der Waals surface area contributed by atoms with Crippen molar-refractivity contribution in [1.82, 2.24) is 10.2 Å². The van der Waals surface area contributed by atoms with E-state index in [9.17, 15) is 4.79 Å². The number of carbonyl (C=O) groups excluding carboxylic acids is 1. The molecule has 5 nitrogen and oxygen atoms in total. The minimum Gasteiger partial charge on any atom is -0.342 e. The molecule has 1 amide bonds. The fourth-order valence-electron chi connectivity index (χ4n) is 4.10. The van der Waals surface area contributed by atoms with Crippen molar-refractivity contribution in [2.75, 3.05) is 18.4 Å². The van der Waals surface area contributed by atoms with Crippen LogP contribution in [0.25, 0.3) is 0 Å². The average Bonchev–Trinajstić information content (AvgIpc) is 3.06. The molecular weight excluding hydrogens is 360 g/mol. The first-order valence-electron chi connectivity index (χ1n) is 10.4. The highest BCUT2D eigenvalue weighted by Gasteiger charge is 2.45. The van der Waals surface area contributed by atoms with Gasteiger partial charge < -0.3 is 10.2 Å². The zero-order valence-electron chi connectivity index (χ0n) is 17.5. The smallest absolute Gasteiger partial charge is 0.227 e. The van der Waals surface area contributed by atoms with Crippen molar-refractivity contribution in [3.8, 4) is 0 Å². The summed E-state index contributed by atoms with van der Waals surface area (Å²) in [6.45, 7) is 8.46. The molecule has 4 rings (SSSR count). The lowest BCUT2D eigenvalue weighted by Crippen LogP contribution is -2.56. The number of hydrogen-bond donors (Lipinski definition) is 2. The molecule has 0 saturated carbocycles. The third-order valence-electron chi connectivity index (χ3n) is 5.61. The van der Waals surface area contributed by atoms with Crippen LogP contribution in [0.1, 0.15) is 38.3 Å². The van der Waals surface area contributed by atoms with Crippen molar-refractivity contribution in [3.63, 3.8) is 0 Å². The standard InChI is InChI=1S/C24H30N4O/c1-23(2,3)27-22-24(25-16-19-11-7-8-12-20(19)26-22)13-14-28(17-24)21(29)15-18-9-5-4-6-10-18/h4-12,25H,13-17H2,1-3H3,(H,26,27). The van der Waals surface area contributed by atoms with Crippen LogP contribution in [0.15, 0.2) is 59.6 Å². The Morgan fingerprint density at radius 2 is 1.83 bits per heavy atom. The van der Waals surface area contributed by atoms with E-state index in [1.54, 1.807) is 0 Å². The molecule has 1 unspecified atom stereocenters. The Morgan fingerprint density at radius 3 is 2.59 bits per heavy atom. The lowest BCUT2D eigenvalue weighted by molar-refractivity contribution is -0.129. The number of fused-ring (bicyclic) bond motifs is 1. The highest BCUT2D eigenvalue weighted by atomic mass is 16.2. The van der Waals surface area contributed by atoms with Gasteiger partial charge in [0.1, 0.15) is 5.84 Å². The molecule has 152 valence electrons. The van der Waals surface area contributed by atoms with Crippen LogP contribution in [0.2, 0.25) is 0 Å². The summed E-state index contributed by atoms with van der Waals surface area (Å²) in [6, 6.07) is 18.3. The number of para-hydroxylation sites is 1. The van der Waals surface area contributed by atoms with Gasteiger partial charge in [-0.1, -0.05) is 48.5 Å². The second-order valence-corrected chi connectivity index (χ2v) is 9.08. The van der Waals surface area contributed by atoms with E-state index in [2.05, 4.69) is 49.6 Å². The largest absolute Gasteiger partial charge is 0.342 e. The number of likely N-dealkylation sites (tertiary alicyclic amines) is 1. The second kappa shape index (κ2) is 7.64.